The molecule has 2 unspecified atom stereocenters. The average molecular weight is 357 g/mol. The topological polar surface area (TPSA) is 72.0 Å². The lowest BCUT2D eigenvalue weighted by molar-refractivity contribution is -0.0109. The molecule has 1 saturated heterocycles. The summed E-state index contributed by atoms with van der Waals surface area (Å²) >= 11 is 6.24. The van der Waals surface area contributed by atoms with Crippen molar-refractivity contribution in [2.45, 2.75) is 38.0 Å². The first-order valence-corrected chi connectivity index (χ1v) is 8.76. The first-order chi connectivity index (χ1) is 11.6. The molecule has 3 N–H and O–H groups in total. The Morgan fingerprint density at radius 1 is 1.46 bits per heavy atom. The minimum atomic E-state index is -0.644. The first kappa shape index (κ1) is 17.6. The van der Waals surface area contributed by atoms with Crippen molar-refractivity contribution in [3.63, 3.8) is 0 Å². The Labute approximate surface area is 147 Å². The number of fused-ring (bicyclic) bond motifs is 1. The fourth-order valence-corrected chi connectivity index (χ4v) is 3.35. The van der Waals surface area contributed by atoms with E-state index in [9.17, 15) is 5.11 Å². The number of hydrogen-bond donors (Lipinski definition) is 3. The molecular weight excluding hydrogens is 332 g/mol. The third-order valence-electron chi connectivity index (χ3n) is 4.65. The van der Waals surface area contributed by atoms with Crippen LogP contribution in [0.2, 0.25) is 5.02 Å². The maximum atomic E-state index is 10.4. The number of benzene rings is 1. The van der Waals surface area contributed by atoms with Gasteiger partial charge in [0.2, 0.25) is 0 Å². The highest BCUT2D eigenvalue weighted by Gasteiger charge is 2.30. The van der Waals surface area contributed by atoms with Crippen LogP contribution in [-0.2, 0) is 0 Å². The summed E-state index contributed by atoms with van der Waals surface area (Å²) in [7, 11) is 1.56. The summed E-state index contributed by atoms with van der Waals surface area (Å²) in [4.78, 5) is 0. The van der Waals surface area contributed by atoms with Crippen LogP contribution < -0.4 is 24.8 Å². The second-order valence-corrected chi connectivity index (χ2v) is 6.69. The van der Waals surface area contributed by atoms with Crippen molar-refractivity contribution in [1.29, 1.82) is 0 Å². The Morgan fingerprint density at radius 2 is 2.21 bits per heavy atom. The fraction of sp³-hybridized carbons (Fsp3) is 0.647. The predicted octanol–water partition coefficient (Wildman–Crippen LogP) is 1.50. The van der Waals surface area contributed by atoms with E-state index in [1.807, 2.05) is 6.92 Å². The van der Waals surface area contributed by atoms with Crippen molar-refractivity contribution >= 4 is 11.6 Å². The van der Waals surface area contributed by atoms with Crippen molar-refractivity contribution in [2.75, 3.05) is 33.4 Å². The lowest BCUT2D eigenvalue weighted by Crippen LogP contribution is -2.48. The van der Waals surface area contributed by atoms with E-state index in [1.165, 1.54) is 0 Å². The van der Waals surface area contributed by atoms with E-state index in [2.05, 4.69) is 10.6 Å². The van der Waals surface area contributed by atoms with Gasteiger partial charge in [-0.2, -0.15) is 0 Å². The molecule has 24 heavy (non-hydrogen) atoms. The zero-order chi connectivity index (χ0) is 17.1. The monoisotopic (exact) mass is 356 g/mol. The van der Waals surface area contributed by atoms with Gasteiger partial charge in [-0.3, -0.25) is 0 Å². The Bertz CT molecular complexity index is 578. The molecule has 0 aliphatic carbocycles. The number of methoxy groups -OCH3 is 1. The molecule has 2 aliphatic heterocycles. The van der Waals surface area contributed by atoms with Crippen molar-refractivity contribution in [1.82, 2.24) is 10.6 Å². The smallest absolute Gasteiger partial charge is 0.166 e. The van der Waals surface area contributed by atoms with Gasteiger partial charge in [0.25, 0.3) is 0 Å². The van der Waals surface area contributed by atoms with Gasteiger partial charge in [-0.05, 0) is 32.9 Å². The standard InChI is InChI=1S/C17H25ClN2O4/c1-10-16(18)13(22-2)7-14-17(10)23-9-15(24-14)12(21)8-20-11-3-5-19-6-4-11/h7,11-12,15,19-21H,3-6,8-9H2,1-2H3. The number of aliphatic hydroxyl groups excluding tert-OH is 1. The summed E-state index contributed by atoms with van der Waals surface area (Å²) in [6, 6.07) is 2.16. The Balaban J connectivity index is 1.62. The predicted molar refractivity (Wildman–Crippen MR) is 92.6 cm³/mol. The molecule has 0 saturated carbocycles. The molecule has 1 fully saturated rings. The zero-order valence-electron chi connectivity index (χ0n) is 14.1. The quantitative estimate of drug-likeness (QED) is 0.742. The molecule has 2 atom stereocenters. The largest absolute Gasteiger partial charge is 0.495 e. The van der Waals surface area contributed by atoms with E-state index < -0.39 is 12.2 Å². The van der Waals surface area contributed by atoms with Gasteiger partial charge in [0, 0.05) is 24.2 Å². The molecule has 0 aromatic heterocycles. The molecule has 2 aliphatic rings. The highest BCUT2D eigenvalue weighted by atomic mass is 35.5. The maximum Gasteiger partial charge on any atom is 0.166 e. The number of hydrogen-bond acceptors (Lipinski definition) is 6. The summed E-state index contributed by atoms with van der Waals surface area (Å²) in [6.07, 6.45) is 1.09. The van der Waals surface area contributed by atoms with Crippen LogP contribution in [0.25, 0.3) is 0 Å². The lowest BCUT2D eigenvalue weighted by atomic mass is 10.1. The van der Waals surface area contributed by atoms with Gasteiger partial charge < -0.3 is 30.0 Å². The molecule has 134 valence electrons. The Hall–Kier alpha value is -1.21. The molecule has 7 heteroatoms. The Morgan fingerprint density at radius 3 is 2.92 bits per heavy atom. The van der Waals surface area contributed by atoms with E-state index in [0.29, 0.717) is 41.5 Å². The van der Waals surface area contributed by atoms with Crippen molar-refractivity contribution in [3.05, 3.63) is 16.7 Å². The van der Waals surface area contributed by atoms with Gasteiger partial charge in [0.05, 0.1) is 12.1 Å². The van der Waals surface area contributed by atoms with E-state index in [1.54, 1.807) is 13.2 Å². The highest BCUT2D eigenvalue weighted by molar-refractivity contribution is 6.33. The van der Waals surface area contributed by atoms with Gasteiger partial charge in [0.1, 0.15) is 18.5 Å². The van der Waals surface area contributed by atoms with Crippen LogP contribution in [0, 0.1) is 6.92 Å². The summed E-state index contributed by atoms with van der Waals surface area (Å²) in [5.41, 5.74) is 0.784. The van der Waals surface area contributed by atoms with Crippen molar-refractivity contribution < 1.29 is 19.3 Å². The molecule has 1 aromatic carbocycles. The maximum absolute atomic E-state index is 10.4. The van der Waals surface area contributed by atoms with Crippen LogP contribution in [0.15, 0.2) is 6.07 Å². The first-order valence-electron chi connectivity index (χ1n) is 8.39. The number of nitrogens with one attached hydrogen (secondary N) is 2. The van der Waals surface area contributed by atoms with Crippen molar-refractivity contribution in [3.8, 4) is 17.2 Å². The fourth-order valence-electron chi connectivity index (χ4n) is 3.13. The molecule has 0 amide bonds. The van der Waals surface area contributed by atoms with Crippen LogP contribution in [-0.4, -0.2) is 56.7 Å². The van der Waals surface area contributed by atoms with Crippen LogP contribution in [0.1, 0.15) is 18.4 Å². The van der Waals surface area contributed by atoms with Crippen LogP contribution in [0.5, 0.6) is 17.2 Å². The van der Waals surface area contributed by atoms with Gasteiger partial charge in [0.15, 0.2) is 17.6 Å². The van der Waals surface area contributed by atoms with Gasteiger partial charge in [-0.25, -0.2) is 0 Å². The minimum absolute atomic E-state index is 0.297. The number of rotatable bonds is 5. The van der Waals surface area contributed by atoms with Gasteiger partial charge in [-0.1, -0.05) is 11.6 Å². The summed E-state index contributed by atoms with van der Waals surface area (Å²) in [5, 5.41) is 17.7. The third-order valence-corrected chi connectivity index (χ3v) is 5.12. The van der Waals surface area contributed by atoms with Gasteiger partial charge >= 0.3 is 0 Å². The van der Waals surface area contributed by atoms with E-state index in [0.717, 1.165) is 31.5 Å². The molecule has 3 rings (SSSR count). The van der Waals surface area contributed by atoms with Crippen LogP contribution in [0.3, 0.4) is 0 Å². The lowest BCUT2D eigenvalue weighted by Gasteiger charge is -2.32. The Kier molecular flexibility index (Phi) is 5.71. The summed E-state index contributed by atoms with van der Waals surface area (Å²) in [5.74, 6) is 1.72. The molecule has 0 spiro atoms. The summed E-state index contributed by atoms with van der Waals surface area (Å²) in [6.45, 7) is 4.68. The number of ether oxygens (including phenoxy) is 3. The van der Waals surface area contributed by atoms with Crippen LogP contribution >= 0.6 is 11.6 Å². The number of aliphatic hydroxyl groups is 1. The molecule has 0 bridgehead atoms. The van der Waals surface area contributed by atoms with Gasteiger partial charge in [-0.15, -0.1) is 0 Å². The second kappa shape index (κ2) is 7.78. The number of piperidine rings is 1. The molecule has 6 nitrogen and oxygen atoms in total. The SMILES string of the molecule is COc1cc2c(c(C)c1Cl)OCC(C(O)CNC1CCNCC1)O2. The highest BCUT2D eigenvalue weighted by Crippen LogP contribution is 2.44. The van der Waals surface area contributed by atoms with E-state index >= 15 is 0 Å². The third kappa shape index (κ3) is 3.72. The number of halogens is 1. The zero-order valence-corrected chi connectivity index (χ0v) is 14.9. The van der Waals surface area contributed by atoms with Crippen molar-refractivity contribution in [2.24, 2.45) is 0 Å². The molecule has 0 radical (unpaired) electrons. The average Bonchev–Trinajstić information content (AvgIpc) is 2.63. The summed E-state index contributed by atoms with van der Waals surface area (Å²) < 4.78 is 17.0. The molecule has 1 aromatic rings. The molecule has 2 heterocycles. The van der Waals surface area contributed by atoms with Crippen LogP contribution in [0.4, 0.5) is 0 Å². The minimum Gasteiger partial charge on any atom is -0.495 e. The normalized spacial score (nSPS) is 22.2. The second-order valence-electron chi connectivity index (χ2n) is 6.31. The van der Waals surface area contributed by atoms with E-state index in [4.69, 9.17) is 25.8 Å². The van der Waals surface area contributed by atoms with E-state index in [-0.39, 0.29) is 0 Å². The molecular formula is C17H25ClN2O4.